The molecule has 2 N–H and O–H groups in total. The van der Waals surface area contributed by atoms with Crippen molar-refractivity contribution < 1.29 is 9.63 Å². The van der Waals surface area contributed by atoms with Gasteiger partial charge in [0.1, 0.15) is 0 Å². The minimum atomic E-state index is -0.181. The molecule has 1 fully saturated rings. The fraction of sp³-hybridized carbons (Fsp3) is 0.417. The van der Waals surface area contributed by atoms with Crippen molar-refractivity contribution in [3.05, 3.63) is 35.9 Å². The number of benzene rings is 1. The molecule has 0 aliphatic carbocycles. The number of rotatable bonds is 3. The van der Waals surface area contributed by atoms with Gasteiger partial charge in [0.25, 0.3) is 5.91 Å². The maximum absolute atomic E-state index is 11.6. The smallest absolute Gasteiger partial charge is 0.274 e. The molecule has 94 valence electrons. The van der Waals surface area contributed by atoms with E-state index in [2.05, 4.69) is 10.8 Å². The van der Waals surface area contributed by atoms with Gasteiger partial charge in [-0.2, -0.15) is 0 Å². The summed E-state index contributed by atoms with van der Waals surface area (Å²) >= 11 is 0. The molecule has 1 saturated heterocycles. The number of amides is 1. The van der Waals surface area contributed by atoms with Gasteiger partial charge in [-0.25, -0.2) is 5.48 Å². The minimum absolute atomic E-state index is 0. The van der Waals surface area contributed by atoms with Crippen LogP contribution in [0.4, 0.5) is 0 Å². The van der Waals surface area contributed by atoms with E-state index in [-0.39, 0.29) is 24.4 Å². The lowest BCUT2D eigenvalue weighted by Gasteiger charge is -2.22. The molecular weight excluding hydrogens is 240 g/mol. The summed E-state index contributed by atoms with van der Waals surface area (Å²) in [5.41, 5.74) is 3.12. The van der Waals surface area contributed by atoms with Crippen LogP contribution in [-0.2, 0) is 4.84 Å². The van der Waals surface area contributed by atoms with Crippen LogP contribution in [-0.4, -0.2) is 25.1 Å². The van der Waals surface area contributed by atoms with E-state index in [0.717, 1.165) is 25.9 Å². The van der Waals surface area contributed by atoms with E-state index in [9.17, 15) is 4.79 Å². The molecule has 1 aromatic rings. The van der Waals surface area contributed by atoms with Crippen LogP contribution in [0.25, 0.3) is 0 Å². The Morgan fingerprint density at radius 2 is 1.88 bits per heavy atom. The van der Waals surface area contributed by atoms with Crippen molar-refractivity contribution in [2.75, 3.05) is 13.1 Å². The highest BCUT2D eigenvalue weighted by molar-refractivity contribution is 5.93. The Balaban J connectivity index is 0.00000144. The van der Waals surface area contributed by atoms with Gasteiger partial charge in [0.2, 0.25) is 0 Å². The van der Waals surface area contributed by atoms with Gasteiger partial charge in [-0.3, -0.25) is 9.63 Å². The quantitative estimate of drug-likeness (QED) is 0.807. The monoisotopic (exact) mass is 256 g/mol. The van der Waals surface area contributed by atoms with Crippen LogP contribution in [0.3, 0.4) is 0 Å². The SMILES string of the molecule is Cl.O=C(NOC1CCNCC1)c1ccccc1. The lowest BCUT2D eigenvalue weighted by Crippen LogP contribution is -2.37. The number of nitrogens with one attached hydrogen (secondary N) is 2. The van der Waals surface area contributed by atoms with Gasteiger partial charge in [-0.1, -0.05) is 18.2 Å². The Labute approximate surface area is 107 Å². The Morgan fingerprint density at radius 3 is 2.53 bits per heavy atom. The molecule has 0 aromatic heterocycles. The highest BCUT2D eigenvalue weighted by atomic mass is 35.5. The Bertz CT molecular complexity index is 340. The molecule has 1 aliphatic rings. The molecular formula is C12H17ClN2O2. The maximum Gasteiger partial charge on any atom is 0.274 e. The molecule has 0 spiro atoms. The van der Waals surface area contributed by atoms with Crippen LogP contribution >= 0.6 is 12.4 Å². The molecule has 1 heterocycles. The number of piperidine rings is 1. The lowest BCUT2D eigenvalue weighted by atomic mass is 10.1. The van der Waals surface area contributed by atoms with Crippen LogP contribution in [0.1, 0.15) is 23.2 Å². The third-order valence-electron chi connectivity index (χ3n) is 2.64. The first kappa shape index (κ1) is 14.0. The van der Waals surface area contributed by atoms with Crippen molar-refractivity contribution in [2.24, 2.45) is 0 Å². The van der Waals surface area contributed by atoms with Gasteiger partial charge in [-0.05, 0) is 38.1 Å². The van der Waals surface area contributed by atoms with Crippen LogP contribution in [0.5, 0.6) is 0 Å². The summed E-state index contributed by atoms with van der Waals surface area (Å²) in [6.45, 7) is 1.90. The third-order valence-corrected chi connectivity index (χ3v) is 2.64. The molecule has 1 aliphatic heterocycles. The second-order valence-electron chi connectivity index (χ2n) is 3.86. The van der Waals surface area contributed by atoms with Gasteiger partial charge >= 0.3 is 0 Å². The van der Waals surface area contributed by atoms with Crippen LogP contribution < -0.4 is 10.8 Å². The van der Waals surface area contributed by atoms with Crippen LogP contribution in [0.15, 0.2) is 30.3 Å². The van der Waals surface area contributed by atoms with Crippen LogP contribution in [0, 0.1) is 0 Å². The minimum Gasteiger partial charge on any atom is -0.317 e. The molecule has 0 unspecified atom stereocenters. The van der Waals surface area contributed by atoms with E-state index >= 15 is 0 Å². The molecule has 0 saturated carbocycles. The summed E-state index contributed by atoms with van der Waals surface area (Å²) in [6, 6.07) is 9.07. The predicted molar refractivity (Wildman–Crippen MR) is 68.1 cm³/mol. The van der Waals surface area contributed by atoms with Crippen molar-refractivity contribution in [3.8, 4) is 0 Å². The summed E-state index contributed by atoms with van der Waals surface area (Å²) in [6.07, 6.45) is 2.01. The number of carbonyl (C=O) groups excluding carboxylic acids is 1. The van der Waals surface area contributed by atoms with Crippen molar-refractivity contribution in [1.29, 1.82) is 0 Å². The zero-order valence-electron chi connectivity index (χ0n) is 9.52. The fourth-order valence-electron chi connectivity index (χ4n) is 1.70. The van der Waals surface area contributed by atoms with Gasteiger partial charge in [-0.15, -0.1) is 12.4 Å². The molecule has 0 bridgehead atoms. The van der Waals surface area contributed by atoms with Gasteiger partial charge < -0.3 is 5.32 Å². The molecule has 17 heavy (non-hydrogen) atoms. The summed E-state index contributed by atoms with van der Waals surface area (Å²) in [5.74, 6) is -0.181. The van der Waals surface area contributed by atoms with Gasteiger partial charge in [0.15, 0.2) is 0 Å². The third kappa shape index (κ3) is 4.34. The summed E-state index contributed by atoms with van der Waals surface area (Å²) in [5, 5.41) is 3.24. The highest BCUT2D eigenvalue weighted by Gasteiger charge is 2.15. The molecule has 2 rings (SSSR count). The number of hydroxylamine groups is 1. The summed E-state index contributed by atoms with van der Waals surface area (Å²) in [7, 11) is 0. The standard InChI is InChI=1S/C12H16N2O2.ClH/c15-12(10-4-2-1-3-5-10)14-16-11-6-8-13-9-7-11;/h1-5,11,13H,6-9H2,(H,14,15);1H. The first-order valence-corrected chi connectivity index (χ1v) is 5.58. The average molecular weight is 257 g/mol. The van der Waals surface area contributed by atoms with E-state index in [4.69, 9.17) is 4.84 Å². The first-order valence-electron chi connectivity index (χ1n) is 5.58. The maximum atomic E-state index is 11.6. The Morgan fingerprint density at radius 1 is 1.24 bits per heavy atom. The molecule has 1 amide bonds. The van der Waals surface area contributed by atoms with Crippen molar-refractivity contribution in [1.82, 2.24) is 10.8 Å². The predicted octanol–water partition coefficient (Wildman–Crippen LogP) is 1.52. The largest absolute Gasteiger partial charge is 0.317 e. The molecule has 5 heteroatoms. The molecule has 4 nitrogen and oxygen atoms in total. The summed E-state index contributed by atoms with van der Waals surface area (Å²) < 4.78 is 0. The fourth-order valence-corrected chi connectivity index (χ4v) is 1.70. The zero-order chi connectivity index (χ0) is 11.2. The number of carbonyl (C=O) groups is 1. The van der Waals surface area contributed by atoms with E-state index in [1.807, 2.05) is 18.2 Å². The van der Waals surface area contributed by atoms with Crippen molar-refractivity contribution >= 4 is 18.3 Å². The normalized spacial score (nSPS) is 16.0. The number of hydrogen-bond acceptors (Lipinski definition) is 3. The molecule has 1 aromatic carbocycles. The van der Waals surface area contributed by atoms with E-state index in [0.29, 0.717) is 5.56 Å². The number of halogens is 1. The second-order valence-corrected chi connectivity index (χ2v) is 3.86. The van der Waals surface area contributed by atoms with E-state index in [1.54, 1.807) is 12.1 Å². The topological polar surface area (TPSA) is 50.4 Å². The Kier molecular flexibility index (Phi) is 5.97. The summed E-state index contributed by atoms with van der Waals surface area (Å²) in [4.78, 5) is 17.0. The van der Waals surface area contributed by atoms with Gasteiger partial charge in [0, 0.05) is 5.56 Å². The lowest BCUT2D eigenvalue weighted by molar-refractivity contribution is -0.0282. The Hall–Kier alpha value is -1.10. The van der Waals surface area contributed by atoms with Crippen molar-refractivity contribution in [3.63, 3.8) is 0 Å². The molecule has 0 atom stereocenters. The van der Waals surface area contributed by atoms with Gasteiger partial charge in [0.05, 0.1) is 6.10 Å². The first-order chi connectivity index (χ1) is 7.86. The molecule has 0 radical (unpaired) electrons. The second kappa shape index (κ2) is 7.27. The van der Waals surface area contributed by atoms with Crippen molar-refractivity contribution in [2.45, 2.75) is 18.9 Å². The highest BCUT2D eigenvalue weighted by Crippen LogP contribution is 2.06. The van der Waals surface area contributed by atoms with E-state index < -0.39 is 0 Å². The number of hydrogen-bond donors (Lipinski definition) is 2. The zero-order valence-corrected chi connectivity index (χ0v) is 10.3. The van der Waals surface area contributed by atoms with Crippen LogP contribution in [0.2, 0.25) is 0 Å². The van der Waals surface area contributed by atoms with E-state index in [1.165, 1.54) is 0 Å². The average Bonchev–Trinajstić information content (AvgIpc) is 2.38.